The molecule has 0 bridgehead atoms. The van der Waals surface area contributed by atoms with Crippen LogP contribution in [0.25, 0.3) is 9.88 Å². The van der Waals surface area contributed by atoms with Crippen molar-refractivity contribution in [1.82, 2.24) is 15.5 Å². The Morgan fingerprint density at radius 3 is 2.72 bits per heavy atom. The molecule has 0 atom stereocenters. The Labute approximate surface area is 116 Å². The van der Waals surface area contributed by atoms with E-state index in [0.29, 0.717) is 6.04 Å². The Morgan fingerprint density at radius 1 is 1.22 bits per heavy atom. The summed E-state index contributed by atoms with van der Waals surface area (Å²) in [6.45, 7) is 7.50. The maximum absolute atomic E-state index is 4.27. The Kier molecular flexibility index (Phi) is 4.86. The number of rotatable bonds is 6. The van der Waals surface area contributed by atoms with Crippen LogP contribution in [0.2, 0.25) is 0 Å². The number of nitrogens with one attached hydrogen (secondary N) is 1. The zero-order chi connectivity index (χ0) is 13.0. The summed E-state index contributed by atoms with van der Waals surface area (Å²) in [6, 6.07) is 4.82. The average Bonchev–Trinajstić information content (AvgIpc) is 2.93. The van der Waals surface area contributed by atoms with E-state index in [9.17, 15) is 0 Å². The molecule has 1 N–H and O–H groups in total. The molecule has 5 heteroatoms. The first-order valence-electron chi connectivity index (χ1n) is 6.27. The van der Waals surface area contributed by atoms with Gasteiger partial charge in [-0.1, -0.05) is 25.2 Å². The van der Waals surface area contributed by atoms with Crippen molar-refractivity contribution in [3.05, 3.63) is 22.0 Å². The second kappa shape index (κ2) is 6.41. The summed E-state index contributed by atoms with van der Waals surface area (Å²) in [5.74, 6) is 0. The zero-order valence-electron chi connectivity index (χ0n) is 11.1. The third-order valence-electron chi connectivity index (χ3n) is 2.54. The molecule has 0 amide bonds. The second-order valence-electron chi connectivity index (χ2n) is 4.62. The maximum atomic E-state index is 4.27. The highest BCUT2D eigenvalue weighted by Crippen LogP contribution is 2.30. The minimum absolute atomic E-state index is 0.559. The highest BCUT2D eigenvalue weighted by Gasteiger charge is 2.08. The van der Waals surface area contributed by atoms with E-state index in [4.69, 9.17) is 0 Å². The van der Waals surface area contributed by atoms with Gasteiger partial charge in [-0.3, -0.25) is 0 Å². The summed E-state index contributed by atoms with van der Waals surface area (Å²) in [5, 5.41) is 14.1. The molecule has 0 aromatic carbocycles. The van der Waals surface area contributed by atoms with Gasteiger partial charge in [-0.05, 0) is 32.0 Å². The van der Waals surface area contributed by atoms with Crippen molar-refractivity contribution < 1.29 is 0 Å². The van der Waals surface area contributed by atoms with Gasteiger partial charge in [-0.15, -0.1) is 21.5 Å². The van der Waals surface area contributed by atoms with Gasteiger partial charge in [0.2, 0.25) is 0 Å². The fourth-order valence-corrected chi connectivity index (χ4v) is 3.43. The van der Waals surface area contributed by atoms with Crippen molar-refractivity contribution in [3.63, 3.8) is 0 Å². The fourth-order valence-electron chi connectivity index (χ4n) is 1.63. The summed E-state index contributed by atoms with van der Waals surface area (Å²) >= 11 is 3.50. The molecule has 2 heterocycles. The first-order chi connectivity index (χ1) is 8.65. The molecule has 2 aromatic rings. The third kappa shape index (κ3) is 3.86. The van der Waals surface area contributed by atoms with Gasteiger partial charge in [-0.2, -0.15) is 0 Å². The van der Waals surface area contributed by atoms with E-state index < -0.39 is 0 Å². The number of aromatic nitrogens is 2. The number of hydrogen-bond donors (Lipinski definition) is 1. The van der Waals surface area contributed by atoms with Gasteiger partial charge in [0.15, 0.2) is 5.01 Å². The zero-order valence-corrected chi connectivity index (χ0v) is 12.7. The van der Waals surface area contributed by atoms with Gasteiger partial charge < -0.3 is 5.32 Å². The van der Waals surface area contributed by atoms with Crippen molar-refractivity contribution in [1.29, 1.82) is 0 Å². The van der Waals surface area contributed by atoms with Crippen LogP contribution in [-0.2, 0) is 6.42 Å². The van der Waals surface area contributed by atoms with Gasteiger partial charge in [0, 0.05) is 17.3 Å². The van der Waals surface area contributed by atoms with Crippen molar-refractivity contribution in [2.24, 2.45) is 0 Å². The summed E-state index contributed by atoms with van der Waals surface area (Å²) in [5.41, 5.74) is 0. The van der Waals surface area contributed by atoms with E-state index >= 15 is 0 Å². The summed E-state index contributed by atoms with van der Waals surface area (Å²) in [6.07, 6.45) is 2.14. The number of hydrogen-bond acceptors (Lipinski definition) is 5. The van der Waals surface area contributed by atoms with E-state index in [1.165, 1.54) is 9.75 Å². The number of nitrogens with zero attached hydrogens (tertiary/aromatic N) is 2. The molecule has 0 aliphatic heterocycles. The molecular weight excluding hydrogens is 262 g/mol. The van der Waals surface area contributed by atoms with Crippen molar-refractivity contribution in [2.75, 3.05) is 6.54 Å². The average molecular weight is 281 g/mol. The van der Waals surface area contributed by atoms with Crippen LogP contribution < -0.4 is 5.32 Å². The van der Waals surface area contributed by atoms with Crippen LogP contribution in [0, 0.1) is 6.92 Å². The molecule has 0 unspecified atom stereocenters. The summed E-state index contributed by atoms with van der Waals surface area (Å²) in [4.78, 5) is 2.56. The van der Waals surface area contributed by atoms with Gasteiger partial charge in [0.05, 0.1) is 4.88 Å². The highest BCUT2D eigenvalue weighted by atomic mass is 32.1. The Hall–Kier alpha value is -0.780. The van der Waals surface area contributed by atoms with Crippen LogP contribution >= 0.6 is 22.7 Å². The Morgan fingerprint density at radius 2 is 2.06 bits per heavy atom. The van der Waals surface area contributed by atoms with Gasteiger partial charge in [0.25, 0.3) is 0 Å². The lowest BCUT2D eigenvalue weighted by molar-refractivity contribution is 0.569. The molecule has 0 spiro atoms. The lowest BCUT2D eigenvalue weighted by Gasteiger charge is -2.05. The minimum Gasteiger partial charge on any atom is -0.315 e. The smallest absolute Gasteiger partial charge is 0.157 e. The molecule has 0 saturated carbocycles. The molecule has 0 aliphatic carbocycles. The van der Waals surface area contributed by atoms with E-state index in [0.717, 1.165) is 29.4 Å². The van der Waals surface area contributed by atoms with Gasteiger partial charge in [0.1, 0.15) is 5.01 Å². The van der Waals surface area contributed by atoms with E-state index in [-0.39, 0.29) is 0 Å². The largest absolute Gasteiger partial charge is 0.315 e. The molecule has 0 fully saturated rings. The van der Waals surface area contributed by atoms with Crippen LogP contribution in [0.3, 0.4) is 0 Å². The SMILES string of the molecule is Cc1ccc(-c2nnc(CCCNC(C)C)s2)s1. The maximum Gasteiger partial charge on any atom is 0.157 e. The van der Waals surface area contributed by atoms with Crippen molar-refractivity contribution in [2.45, 2.75) is 39.7 Å². The molecule has 2 aromatic heterocycles. The Balaban J connectivity index is 1.86. The number of aryl methyl sites for hydroxylation is 2. The van der Waals surface area contributed by atoms with Gasteiger partial charge >= 0.3 is 0 Å². The van der Waals surface area contributed by atoms with Crippen molar-refractivity contribution in [3.8, 4) is 9.88 Å². The quantitative estimate of drug-likeness (QED) is 0.823. The monoisotopic (exact) mass is 281 g/mol. The third-order valence-corrected chi connectivity index (χ3v) is 4.69. The molecule has 0 radical (unpaired) electrons. The standard InChI is InChI=1S/C13H19N3S2/c1-9(2)14-8-4-5-12-15-16-13(18-12)11-7-6-10(3)17-11/h6-7,9,14H,4-5,8H2,1-3H3. The topological polar surface area (TPSA) is 37.8 Å². The molecular formula is C13H19N3S2. The minimum atomic E-state index is 0.559. The van der Waals surface area contributed by atoms with E-state index in [1.54, 1.807) is 22.7 Å². The van der Waals surface area contributed by atoms with Crippen LogP contribution in [0.4, 0.5) is 0 Å². The lowest BCUT2D eigenvalue weighted by atomic mass is 10.3. The molecule has 0 aliphatic rings. The van der Waals surface area contributed by atoms with Crippen LogP contribution in [0.1, 0.15) is 30.2 Å². The summed E-state index contributed by atoms with van der Waals surface area (Å²) < 4.78 is 0. The molecule has 0 saturated heterocycles. The predicted molar refractivity (Wildman–Crippen MR) is 79.4 cm³/mol. The van der Waals surface area contributed by atoms with E-state index in [2.05, 4.69) is 48.4 Å². The van der Waals surface area contributed by atoms with Crippen LogP contribution in [0.5, 0.6) is 0 Å². The van der Waals surface area contributed by atoms with Crippen LogP contribution in [-0.4, -0.2) is 22.8 Å². The lowest BCUT2D eigenvalue weighted by Crippen LogP contribution is -2.23. The molecule has 2 rings (SSSR count). The van der Waals surface area contributed by atoms with Gasteiger partial charge in [-0.25, -0.2) is 0 Å². The van der Waals surface area contributed by atoms with Crippen LogP contribution in [0.15, 0.2) is 12.1 Å². The Bertz CT molecular complexity index is 488. The van der Waals surface area contributed by atoms with E-state index in [1.807, 2.05) is 0 Å². The first-order valence-corrected chi connectivity index (χ1v) is 7.91. The summed E-state index contributed by atoms with van der Waals surface area (Å²) in [7, 11) is 0. The predicted octanol–water partition coefficient (Wildman–Crippen LogP) is 3.51. The normalized spacial score (nSPS) is 11.3. The molecule has 98 valence electrons. The second-order valence-corrected chi connectivity index (χ2v) is 6.97. The van der Waals surface area contributed by atoms with Crippen molar-refractivity contribution >= 4 is 22.7 Å². The molecule has 18 heavy (non-hydrogen) atoms. The number of thiophene rings is 1. The molecule has 3 nitrogen and oxygen atoms in total. The first kappa shape index (κ1) is 13.6. The fraction of sp³-hybridized carbons (Fsp3) is 0.538. The highest BCUT2D eigenvalue weighted by molar-refractivity contribution is 7.21.